The number of hydrogen-bond acceptors (Lipinski definition) is 15. The van der Waals surface area contributed by atoms with Gasteiger partial charge in [0, 0.05) is 18.6 Å². The molecule has 13 N–H and O–H groups in total. The van der Waals surface area contributed by atoms with Crippen LogP contribution < -0.4 is 9.47 Å². The monoisotopic (exact) mass is 648 g/mol. The molecule has 254 valence electrons. The largest absolute Gasteiger partial charge is 0.507 e. The number of phenolic OH excluding ortho intramolecular Hbond substituents is 3. The molecular weight excluding hydrogens is 608 g/mol. The number of aliphatic hydroxyl groups is 6. The third-order valence-electron chi connectivity index (χ3n) is 7.41. The van der Waals surface area contributed by atoms with E-state index >= 15 is 0 Å². The Morgan fingerprint density at radius 3 is 2.04 bits per heavy atom. The number of carbonyl (C=O) groups excluding carboxylic acids is 1. The summed E-state index contributed by atoms with van der Waals surface area (Å²) in [5, 5.41) is 92.3. The number of aryl methyl sites for hydroxylation is 1. The highest BCUT2D eigenvalue weighted by atomic mass is 16.8. The maximum absolute atomic E-state index is 12.9. The van der Waals surface area contributed by atoms with E-state index in [2.05, 4.69) is 0 Å². The number of phenols is 3. The van der Waals surface area contributed by atoms with Gasteiger partial charge in [0.1, 0.15) is 59.4 Å². The van der Waals surface area contributed by atoms with E-state index in [-0.39, 0.29) is 41.0 Å². The molecule has 0 amide bonds. The first-order valence-corrected chi connectivity index (χ1v) is 13.5. The van der Waals surface area contributed by atoms with Crippen molar-refractivity contribution >= 4 is 5.78 Å². The summed E-state index contributed by atoms with van der Waals surface area (Å²) in [6, 6.07) is 6.59. The van der Waals surface area contributed by atoms with Crippen LogP contribution >= 0.6 is 0 Å². The zero-order valence-electron chi connectivity index (χ0n) is 24.3. The highest BCUT2D eigenvalue weighted by Gasteiger charge is 2.51. The van der Waals surface area contributed by atoms with Gasteiger partial charge in [-0.25, -0.2) is 0 Å². The lowest BCUT2D eigenvalue weighted by Crippen LogP contribution is -2.64. The van der Waals surface area contributed by atoms with E-state index in [1.807, 2.05) is 0 Å². The van der Waals surface area contributed by atoms with Gasteiger partial charge in [-0.05, 0) is 31.0 Å². The Balaban J connectivity index is 0.00000353. The summed E-state index contributed by atoms with van der Waals surface area (Å²) < 4.78 is 27.2. The van der Waals surface area contributed by atoms with Gasteiger partial charge in [-0.3, -0.25) is 4.79 Å². The second kappa shape index (κ2) is 15.8. The fourth-order valence-electron chi connectivity index (χ4n) is 4.93. The summed E-state index contributed by atoms with van der Waals surface area (Å²) in [7, 11) is 1.40. The first kappa shape index (κ1) is 37.9. The SMILES string of the molecule is COc1ccc(CCC(=O)c2c(O)cc(O[C@@H]3O[C@H](CO)[C@@H](O)[C@H](O)[C@H]3O[C@@H]3O[C@@H](C)[C@H](O)[C@@H](O)[C@H]3O)cc2O)cc1O.O.O. The number of ketones is 1. The van der Waals surface area contributed by atoms with Crippen molar-refractivity contribution in [1.82, 2.24) is 0 Å². The zero-order chi connectivity index (χ0) is 31.6. The zero-order valence-corrected chi connectivity index (χ0v) is 24.3. The molecule has 0 spiro atoms. The summed E-state index contributed by atoms with van der Waals surface area (Å²) in [6.07, 6.45) is -15.5. The van der Waals surface area contributed by atoms with Crippen molar-refractivity contribution in [1.29, 1.82) is 0 Å². The lowest BCUT2D eigenvalue weighted by molar-refractivity contribution is -0.354. The molecule has 0 aliphatic carbocycles. The van der Waals surface area contributed by atoms with E-state index in [0.717, 1.165) is 12.1 Å². The van der Waals surface area contributed by atoms with Gasteiger partial charge in [-0.2, -0.15) is 0 Å². The normalized spacial score (nSPS) is 31.3. The maximum Gasteiger partial charge on any atom is 0.229 e. The number of aliphatic hydroxyl groups excluding tert-OH is 6. The number of hydrogen-bond donors (Lipinski definition) is 9. The predicted molar refractivity (Wildman–Crippen MR) is 150 cm³/mol. The van der Waals surface area contributed by atoms with Gasteiger partial charge in [-0.15, -0.1) is 0 Å². The quantitative estimate of drug-likeness (QED) is 0.116. The van der Waals surface area contributed by atoms with E-state index in [9.17, 15) is 50.8 Å². The van der Waals surface area contributed by atoms with Gasteiger partial charge in [0.05, 0.1) is 19.8 Å². The Kier molecular flexibility index (Phi) is 13.3. The molecule has 2 aliphatic rings. The van der Waals surface area contributed by atoms with Crippen LogP contribution in [-0.4, -0.2) is 138 Å². The molecule has 0 aromatic heterocycles. The highest BCUT2D eigenvalue weighted by molar-refractivity contribution is 6.01. The van der Waals surface area contributed by atoms with Crippen molar-refractivity contribution in [2.24, 2.45) is 0 Å². The summed E-state index contributed by atoms with van der Waals surface area (Å²) in [5.74, 6) is -2.04. The number of aromatic hydroxyl groups is 3. The van der Waals surface area contributed by atoms with E-state index in [0.29, 0.717) is 5.56 Å². The lowest BCUT2D eigenvalue weighted by atomic mass is 9.97. The number of carbonyl (C=O) groups is 1. The van der Waals surface area contributed by atoms with Gasteiger partial charge in [0.2, 0.25) is 6.29 Å². The Labute approximate surface area is 256 Å². The average molecular weight is 649 g/mol. The van der Waals surface area contributed by atoms with Gasteiger partial charge in [-0.1, -0.05) is 6.07 Å². The summed E-state index contributed by atoms with van der Waals surface area (Å²) in [5.41, 5.74) is 0.208. The lowest BCUT2D eigenvalue weighted by Gasteiger charge is -2.45. The van der Waals surface area contributed by atoms with Crippen LogP contribution in [0.1, 0.15) is 29.3 Å². The van der Waals surface area contributed by atoms with Crippen molar-refractivity contribution in [3.05, 3.63) is 41.5 Å². The van der Waals surface area contributed by atoms with Crippen LogP contribution in [0.5, 0.6) is 28.7 Å². The van der Waals surface area contributed by atoms with Gasteiger partial charge in [0.25, 0.3) is 0 Å². The molecule has 2 heterocycles. The van der Waals surface area contributed by atoms with Crippen LogP contribution in [0.4, 0.5) is 0 Å². The molecular formula is C28H40O17. The summed E-state index contributed by atoms with van der Waals surface area (Å²) in [4.78, 5) is 12.9. The molecule has 0 saturated carbocycles. The Morgan fingerprint density at radius 1 is 0.822 bits per heavy atom. The predicted octanol–water partition coefficient (Wildman–Crippen LogP) is -2.99. The van der Waals surface area contributed by atoms with Gasteiger partial charge in [0.15, 0.2) is 29.7 Å². The molecule has 17 nitrogen and oxygen atoms in total. The highest BCUT2D eigenvalue weighted by Crippen LogP contribution is 2.37. The third-order valence-corrected chi connectivity index (χ3v) is 7.41. The van der Waals surface area contributed by atoms with Crippen molar-refractivity contribution < 1.29 is 85.4 Å². The molecule has 0 unspecified atom stereocenters. The van der Waals surface area contributed by atoms with Crippen molar-refractivity contribution in [3.8, 4) is 28.7 Å². The minimum absolute atomic E-state index is 0. The van der Waals surface area contributed by atoms with Crippen LogP contribution in [0.15, 0.2) is 30.3 Å². The molecule has 2 fully saturated rings. The molecule has 17 heteroatoms. The molecule has 0 bridgehead atoms. The van der Waals surface area contributed by atoms with Crippen LogP contribution in [-0.2, 0) is 20.6 Å². The Morgan fingerprint density at radius 2 is 1.47 bits per heavy atom. The first-order valence-electron chi connectivity index (χ1n) is 13.5. The number of ether oxygens (including phenoxy) is 5. The maximum atomic E-state index is 12.9. The topological polar surface area (TPSA) is 308 Å². The number of benzene rings is 2. The second-order valence-corrected chi connectivity index (χ2v) is 10.4. The van der Waals surface area contributed by atoms with Gasteiger partial charge < -0.3 is 80.6 Å². The van der Waals surface area contributed by atoms with Gasteiger partial charge >= 0.3 is 0 Å². The van der Waals surface area contributed by atoms with E-state index < -0.39 is 90.9 Å². The van der Waals surface area contributed by atoms with Crippen LogP contribution in [0.2, 0.25) is 0 Å². The Bertz CT molecular complexity index is 1250. The van der Waals surface area contributed by atoms with E-state index in [1.54, 1.807) is 6.07 Å². The smallest absolute Gasteiger partial charge is 0.229 e. The van der Waals surface area contributed by atoms with Crippen LogP contribution in [0, 0.1) is 0 Å². The molecule has 45 heavy (non-hydrogen) atoms. The average Bonchev–Trinajstić information content (AvgIpc) is 2.96. The number of rotatable bonds is 10. The van der Waals surface area contributed by atoms with Crippen LogP contribution in [0.3, 0.4) is 0 Å². The molecule has 2 aromatic rings. The fourth-order valence-corrected chi connectivity index (χ4v) is 4.93. The second-order valence-electron chi connectivity index (χ2n) is 10.4. The third kappa shape index (κ3) is 8.10. The van der Waals surface area contributed by atoms with E-state index in [4.69, 9.17) is 23.7 Å². The summed E-state index contributed by atoms with van der Waals surface area (Å²) in [6.45, 7) is 0.662. The van der Waals surface area contributed by atoms with Crippen molar-refractivity contribution in [3.63, 3.8) is 0 Å². The molecule has 4 rings (SSSR count). The molecule has 2 aliphatic heterocycles. The minimum Gasteiger partial charge on any atom is -0.507 e. The number of Topliss-reactive ketones (excluding diaryl/α,β-unsaturated/α-hetero) is 1. The summed E-state index contributed by atoms with van der Waals surface area (Å²) >= 11 is 0. The van der Waals surface area contributed by atoms with Crippen molar-refractivity contribution in [2.45, 2.75) is 81.2 Å². The number of methoxy groups -OCH3 is 1. The van der Waals surface area contributed by atoms with Crippen LogP contribution in [0.25, 0.3) is 0 Å². The standard InChI is InChI=1S/C28H36O15.2H2O/c1-11-21(34)23(36)25(38)27(40-11)43-26-24(37)22(35)19(10-29)42-28(26)41-13-8-16(32)20(17(33)9-13)14(30)5-3-12-4-6-18(39-2)15(31)7-12;;/h4,6-9,11,19,21-29,31-38H,3,5,10H2,1-2H3;2*1H2/t11-,19+,21-,22+,23+,24-,25+,26+,27-,28+;;/m0../s1. The minimum atomic E-state index is -1.79. The molecule has 10 atom stereocenters. The molecule has 0 radical (unpaired) electrons. The molecule has 2 aromatic carbocycles. The van der Waals surface area contributed by atoms with Crippen molar-refractivity contribution in [2.75, 3.05) is 13.7 Å². The molecule has 2 saturated heterocycles. The fraction of sp³-hybridized carbons (Fsp3) is 0.536. The first-order chi connectivity index (χ1) is 20.4. The Hall–Kier alpha value is -3.33. The van der Waals surface area contributed by atoms with E-state index in [1.165, 1.54) is 26.2 Å².